The molecule has 0 aliphatic carbocycles. The molecule has 20 heavy (non-hydrogen) atoms. The van der Waals surface area contributed by atoms with Gasteiger partial charge in [-0.25, -0.2) is 8.42 Å². The van der Waals surface area contributed by atoms with Crippen molar-refractivity contribution in [1.29, 1.82) is 0 Å². The monoisotopic (exact) mass is 311 g/mol. The standard InChI is InChI=1S/C13H13NO4S2/c15-12(16)8-5-10-3-6-11(7-4-10)14-20(17,18)13-2-1-9-19-13/h1-4,6-7,9,14H,5,8H2,(H,15,16). The zero-order valence-corrected chi connectivity index (χ0v) is 12.1. The molecule has 0 saturated carbocycles. The van der Waals surface area contributed by atoms with Crippen molar-refractivity contribution >= 4 is 33.0 Å². The van der Waals surface area contributed by atoms with Crippen LogP contribution in [0.25, 0.3) is 0 Å². The molecule has 1 aromatic heterocycles. The lowest BCUT2D eigenvalue weighted by molar-refractivity contribution is -0.136. The van der Waals surface area contributed by atoms with Gasteiger partial charge in [-0.15, -0.1) is 11.3 Å². The highest BCUT2D eigenvalue weighted by atomic mass is 32.2. The first-order valence-electron chi connectivity index (χ1n) is 5.84. The van der Waals surface area contributed by atoms with E-state index in [4.69, 9.17) is 5.11 Å². The van der Waals surface area contributed by atoms with E-state index in [0.717, 1.165) is 16.9 Å². The van der Waals surface area contributed by atoms with Gasteiger partial charge in [0.2, 0.25) is 0 Å². The molecule has 2 N–H and O–H groups in total. The largest absolute Gasteiger partial charge is 0.481 e. The van der Waals surface area contributed by atoms with Gasteiger partial charge in [0.15, 0.2) is 0 Å². The van der Waals surface area contributed by atoms with E-state index >= 15 is 0 Å². The fourth-order valence-electron chi connectivity index (χ4n) is 1.61. The van der Waals surface area contributed by atoms with Crippen LogP contribution in [0.2, 0.25) is 0 Å². The summed E-state index contributed by atoms with van der Waals surface area (Å²) in [6.07, 6.45) is 0.480. The van der Waals surface area contributed by atoms with Gasteiger partial charge in [-0.3, -0.25) is 9.52 Å². The lowest BCUT2D eigenvalue weighted by Crippen LogP contribution is -2.11. The van der Waals surface area contributed by atoms with E-state index in [1.54, 1.807) is 35.7 Å². The number of carboxylic acid groups (broad SMARTS) is 1. The van der Waals surface area contributed by atoms with E-state index in [-0.39, 0.29) is 10.6 Å². The zero-order valence-electron chi connectivity index (χ0n) is 10.4. The summed E-state index contributed by atoms with van der Waals surface area (Å²) in [7, 11) is -3.53. The number of carboxylic acids is 1. The van der Waals surface area contributed by atoms with Gasteiger partial charge in [0.05, 0.1) is 0 Å². The molecule has 5 nitrogen and oxygen atoms in total. The minimum atomic E-state index is -3.53. The molecule has 0 bridgehead atoms. The molecule has 0 spiro atoms. The molecule has 0 aliphatic rings. The number of aryl methyl sites for hydroxylation is 1. The first-order valence-corrected chi connectivity index (χ1v) is 8.21. The summed E-state index contributed by atoms with van der Waals surface area (Å²) in [6.45, 7) is 0. The number of sulfonamides is 1. The normalized spacial score (nSPS) is 11.2. The molecule has 2 aromatic rings. The Kier molecular flexibility index (Phi) is 4.41. The summed E-state index contributed by atoms with van der Waals surface area (Å²) >= 11 is 1.15. The summed E-state index contributed by atoms with van der Waals surface area (Å²) < 4.78 is 26.7. The van der Waals surface area contributed by atoms with Crippen LogP contribution in [0.3, 0.4) is 0 Å². The highest BCUT2D eigenvalue weighted by Gasteiger charge is 2.14. The van der Waals surface area contributed by atoms with Crippen molar-refractivity contribution in [2.24, 2.45) is 0 Å². The number of hydrogen-bond acceptors (Lipinski definition) is 4. The van der Waals surface area contributed by atoms with Crippen molar-refractivity contribution in [3.05, 3.63) is 47.3 Å². The van der Waals surface area contributed by atoms with Crippen molar-refractivity contribution in [2.45, 2.75) is 17.1 Å². The predicted molar refractivity (Wildman–Crippen MR) is 77.5 cm³/mol. The molecule has 1 aromatic carbocycles. The average molecular weight is 311 g/mol. The maximum absolute atomic E-state index is 12.0. The van der Waals surface area contributed by atoms with Gasteiger partial charge >= 0.3 is 5.97 Å². The van der Waals surface area contributed by atoms with Crippen molar-refractivity contribution in [3.63, 3.8) is 0 Å². The fraction of sp³-hybridized carbons (Fsp3) is 0.154. The van der Waals surface area contributed by atoms with Gasteiger partial charge in [0, 0.05) is 12.1 Å². The van der Waals surface area contributed by atoms with Gasteiger partial charge in [-0.1, -0.05) is 18.2 Å². The number of hydrogen-bond donors (Lipinski definition) is 2. The van der Waals surface area contributed by atoms with Crippen molar-refractivity contribution in [1.82, 2.24) is 0 Å². The summed E-state index contributed by atoms with van der Waals surface area (Å²) in [5.74, 6) is -0.854. The Morgan fingerprint density at radius 1 is 1.20 bits per heavy atom. The Balaban J connectivity index is 2.06. The minimum Gasteiger partial charge on any atom is -0.481 e. The lowest BCUT2D eigenvalue weighted by atomic mass is 10.1. The predicted octanol–water partition coefficient (Wildman–Crippen LogP) is 2.57. The average Bonchev–Trinajstić information content (AvgIpc) is 2.92. The second kappa shape index (κ2) is 6.06. The summed E-state index contributed by atoms with van der Waals surface area (Å²) in [4.78, 5) is 10.5. The number of thiophene rings is 1. The number of rotatable bonds is 6. The Morgan fingerprint density at radius 2 is 1.90 bits per heavy atom. The third-order valence-electron chi connectivity index (χ3n) is 2.59. The van der Waals surface area contributed by atoms with E-state index in [1.807, 2.05) is 0 Å². The number of anilines is 1. The van der Waals surface area contributed by atoms with E-state index in [2.05, 4.69) is 4.72 Å². The summed E-state index contributed by atoms with van der Waals surface area (Å²) in [5.41, 5.74) is 1.31. The van der Waals surface area contributed by atoms with Gasteiger partial charge in [0.25, 0.3) is 10.0 Å². The quantitative estimate of drug-likeness (QED) is 0.859. The smallest absolute Gasteiger partial charge is 0.303 e. The van der Waals surface area contributed by atoms with Crippen LogP contribution in [-0.4, -0.2) is 19.5 Å². The third-order valence-corrected chi connectivity index (χ3v) is 5.37. The molecule has 2 rings (SSSR count). The van der Waals surface area contributed by atoms with Gasteiger partial charge in [-0.05, 0) is 35.6 Å². The Labute approximate surface area is 120 Å². The number of nitrogens with one attached hydrogen (secondary N) is 1. The van der Waals surface area contributed by atoms with Crippen LogP contribution in [0.5, 0.6) is 0 Å². The van der Waals surface area contributed by atoms with E-state index in [1.165, 1.54) is 6.07 Å². The number of aliphatic carboxylic acids is 1. The van der Waals surface area contributed by atoms with E-state index < -0.39 is 16.0 Å². The van der Waals surface area contributed by atoms with Crippen LogP contribution in [0.4, 0.5) is 5.69 Å². The first kappa shape index (κ1) is 14.5. The van der Waals surface area contributed by atoms with E-state index in [0.29, 0.717) is 12.1 Å². The molecule has 7 heteroatoms. The Morgan fingerprint density at radius 3 is 2.45 bits per heavy atom. The highest BCUT2D eigenvalue weighted by molar-refractivity contribution is 7.94. The van der Waals surface area contributed by atoms with Crippen LogP contribution >= 0.6 is 11.3 Å². The van der Waals surface area contributed by atoms with Crippen molar-refractivity contribution in [3.8, 4) is 0 Å². The molecule has 0 unspecified atom stereocenters. The molecule has 0 fully saturated rings. The van der Waals surface area contributed by atoms with Crippen molar-refractivity contribution in [2.75, 3.05) is 4.72 Å². The van der Waals surface area contributed by atoms with Crippen LogP contribution in [0.1, 0.15) is 12.0 Å². The van der Waals surface area contributed by atoms with Crippen LogP contribution in [0, 0.1) is 0 Å². The topological polar surface area (TPSA) is 83.5 Å². The van der Waals surface area contributed by atoms with Gasteiger partial charge in [0.1, 0.15) is 4.21 Å². The summed E-state index contributed by atoms with van der Waals surface area (Å²) in [5, 5.41) is 10.3. The third kappa shape index (κ3) is 3.82. The maximum atomic E-state index is 12.0. The molecule has 0 amide bonds. The molecular weight excluding hydrogens is 298 g/mol. The molecule has 0 aliphatic heterocycles. The zero-order chi connectivity index (χ0) is 14.6. The van der Waals surface area contributed by atoms with Crippen LogP contribution < -0.4 is 4.72 Å². The molecule has 0 saturated heterocycles. The highest BCUT2D eigenvalue weighted by Crippen LogP contribution is 2.20. The Hall–Kier alpha value is -1.86. The molecular formula is C13H13NO4S2. The number of benzene rings is 1. The van der Waals surface area contributed by atoms with Crippen LogP contribution in [-0.2, 0) is 21.2 Å². The van der Waals surface area contributed by atoms with E-state index in [9.17, 15) is 13.2 Å². The fourth-order valence-corrected chi connectivity index (χ4v) is 3.66. The second-order valence-corrected chi connectivity index (χ2v) is 6.99. The molecule has 1 heterocycles. The molecule has 0 radical (unpaired) electrons. The number of carbonyl (C=O) groups is 1. The SMILES string of the molecule is O=C(O)CCc1ccc(NS(=O)(=O)c2cccs2)cc1. The first-order chi connectivity index (χ1) is 9.47. The second-order valence-electron chi connectivity index (χ2n) is 4.13. The molecule has 0 atom stereocenters. The van der Waals surface area contributed by atoms with Crippen molar-refractivity contribution < 1.29 is 18.3 Å². The van der Waals surface area contributed by atoms with Crippen LogP contribution in [0.15, 0.2) is 46.0 Å². The summed E-state index contributed by atoms with van der Waals surface area (Å²) in [6, 6.07) is 9.90. The lowest BCUT2D eigenvalue weighted by Gasteiger charge is -2.07. The van der Waals surface area contributed by atoms with Gasteiger partial charge < -0.3 is 5.11 Å². The minimum absolute atomic E-state index is 0.0558. The Bertz CT molecular complexity index is 676. The van der Waals surface area contributed by atoms with Gasteiger partial charge in [-0.2, -0.15) is 0 Å². The molecule has 106 valence electrons. The maximum Gasteiger partial charge on any atom is 0.303 e.